The van der Waals surface area contributed by atoms with Crippen LogP contribution in [-0.4, -0.2) is 24.7 Å². The molecule has 0 saturated carbocycles. The lowest BCUT2D eigenvalue weighted by molar-refractivity contribution is -0.136. The Hall–Kier alpha value is -1.36. The molecule has 0 spiro atoms. The molecule has 100 valence electrons. The summed E-state index contributed by atoms with van der Waals surface area (Å²) in [6, 6.07) is 6.63. The third-order valence-electron chi connectivity index (χ3n) is 2.87. The number of benzene rings is 1. The Labute approximate surface area is 108 Å². The van der Waals surface area contributed by atoms with Crippen LogP contribution in [0.25, 0.3) is 0 Å². The molecule has 0 radical (unpaired) electrons. The maximum Gasteiger partial charge on any atom is 0.304 e. The van der Waals surface area contributed by atoms with Gasteiger partial charge in [0.1, 0.15) is 0 Å². The summed E-state index contributed by atoms with van der Waals surface area (Å²) in [5.74, 6) is -0.775. The van der Waals surface area contributed by atoms with Gasteiger partial charge in [0.05, 0.1) is 16.6 Å². The minimum absolute atomic E-state index is 0.181. The van der Waals surface area contributed by atoms with Crippen molar-refractivity contribution in [3.8, 4) is 0 Å². The number of aliphatic carboxylic acids is 1. The van der Waals surface area contributed by atoms with Crippen molar-refractivity contribution in [3.05, 3.63) is 29.8 Å². The molecule has 0 fully saturated rings. The molecule has 0 aromatic heterocycles. The van der Waals surface area contributed by atoms with Crippen LogP contribution in [0.15, 0.2) is 29.2 Å². The SMILES string of the molecule is CC(C)c1ccc(S(=O)(=O)C(C)CC(=O)O)cc1. The van der Waals surface area contributed by atoms with Gasteiger partial charge in [-0.3, -0.25) is 4.79 Å². The molecule has 5 heteroatoms. The summed E-state index contributed by atoms with van der Waals surface area (Å²) in [7, 11) is -3.56. The lowest BCUT2D eigenvalue weighted by Gasteiger charge is -2.12. The first-order chi connectivity index (χ1) is 8.25. The molecule has 0 bridgehead atoms. The molecule has 0 amide bonds. The maximum absolute atomic E-state index is 12.1. The predicted octanol–water partition coefficient (Wildman–Crippen LogP) is 2.45. The van der Waals surface area contributed by atoms with E-state index in [0.717, 1.165) is 5.56 Å². The monoisotopic (exact) mass is 270 g/mol. The summed E-state index contributed by atoms with van der Waals surface area (Å²) in [6.45, 7) is 5.47. The third kappa shape index (κ3) is 3.32. The third-order valence-corrected chi connectivity index (χ3v) is 5.02. The Bertz CT molecular complexity index is 514. The molecule has 18 heavy (non-hydrogen) atoms. The zero-order valence-electron chi connectivity index (χ0n) is 10.8. The molecule has 1 unspecified atom stereocenters. The van der Waals surface area contributed by atoms with E-state index in [9.17, 15) is 13.2 Å². The highest BCUT2D eigenvalue weighted by atomic mass is 32.2. The van der Waals surface area contributed by atoms with Gasteiger partial charge in [0, 0.05) is 0 Å². The Morgan fingerprint density at radius 2 is 1.67 bits per heavy atom. The Kier molecular flexibility index (Phi) is 4.51. The predicted molar refractivity (Wildman–Crippen MR) is 69.4 cm³/mol. The zero-order chi connectivity index (χ0) is 13.9. The van der Waals surface area contributed by atoms with Gasteiger partial charge < -0.3 is 5.11 Å². The second-order valence-corrected chi connectivity index (χ2v) is 7.04. The maximum atomic E-state index is 12.1. The second-order valence-electron chi connectivity index (χ2n) is 4.68. The van der Waals surface area contributed by atoms with E-state index in [1.54, 1.807) is 24.3 Å². The van der Waals surface area contributed by atoms with Crippen molar-refractivity contribution < 1.29 is 18.3 Å². The number of carbonyl (C=O) groups is 1. The van der Waals surface area contributed by atoms with Crippen molar-refractivity contribution in [1.82, 2.24) is 0 Å². The smallest absolute Gasteiger partial charge is 0.304 e. The van der Waals surface area contributed by atoms with Crippen LogP contribution >= 0.6 is 0 Å². The number of hydrogen-bond acceptors (Lipinski definition) is 3. The van der Waals surface area contributed by atoms with E-state index in [-0.39, 0.29) is 11.3 Å². The molecule has 0 aliphatic rings. The highest BCUT2D eigenvalue weighted by Gasteiger charge is 2.25. The highest BCUT2D eigenvalue weighted by molar-refractivity contribution is 7.92. The van der Waals surface area contributed by atoms with Gasteiger partial charge >= 0.3 is 5.97 Å². The number of carboxylic acid groups (broad SMARTS) is 1. The minimum Gasteiger partial charge on any atom is -0.481 e. The van der Waals surface area contributed by atoms with E-state index >= 15 is 0 Å². The zero-order valence-corrected chi connectivity index (χ0v) is 11.6. The van der Waals surface area contributed by atoms with Gasteiger partial charge in [-0.15, -0.1) is 0 Å². The van der Waals surface area contributed by atoms with Gasteiger partial charge in [-0.05, 0) is 30.5 Å². The van der Waals surface area contributed by atoms with Crippen LogP contribution < -0.4 is 0 Å². The summed E-state index contributed by atoms with van der Waals surface area (Å²) in [6.07, 6.45) is -0.381. The van der Waals surface area contributed by atoms with Crippen molar-refractivity contribution in [2.24, 2.45) is 0 Å². The van der Waals surface area contributed by atoms with Crippen molar-refractivity contribution in [2.45, 2.75) is 43.3 Å². The average molecular weight is 270 g/mol. The summed E-state index contributed by atoms with van der Waals surface area (Å²) in [5, 5.41) is 7.73. The summed E-state index contributed by atoms with van der Waals surface area (Å²) >= 11 is 0. The van der Waals surface area contributed by atoms with Gasteiger partial charge in [-0.25, -0.2) is 8.42 Å². The van der Waals surface area contributed by atoms with Crippen molar-refractivity contribution in [2.75, 3.05) is 0 Å². The van der Waals surface area contributed by atoms with Crippen molar-refractivity contribution in [1.29, 1.82) is 0 Å². The standard InChI is InChI=1S/C13H18O4S/c1-9(2)11-4-6-12(7-5-11)18(16,17)10(3)8-13(14)15/h4-7,9-10H,8H2,1-3H3,(H,14,15). The Balaban J connectivity index is 3.02. The molecule has 1 atom stereocenters. The first-order valence-electron chi connectivity index (χ1n) is 5.80. The van der Waals surface area contributed by atoms with Gasteiger partial charge in [0.25, 0.3) is 0 Å². The molecule has 4 nitrogen and oxygen atoms in total. The van der Waals surface area contributed by atoms with E-state index in [4.69, 9.17) is 5.11 Å². The number of hydrogen-bond donors (Lipinski definition) is 1. The van der Waals surface area contributed by atoms with Crippen LogP contribution in [0, 0.1) is 0 Å². The van der Waals surface area contributed by atoms with E-state index < -0.39 is 21.1 Å². The fourth-order valence-corrected chi connectivity index (χ4v) is 2.97. The molecule has 0 aliphatic carbocycles. The lowest BCUT2D eigenvalue weighted by atomic mass is 10.0. The number of carboxylic acids is 1. The summed E-state index contributed by atoms with van der Waals surface area (Å²) in [5.41, 5.74) is 1.06. The normalized spacial score (nSPS) is 13.6. The first-order valence-corrected chi connectivity index (χ1v) is 7.35. The fraction of sp³-hybridized carbons (Fsp3) is 0.462. The lowest BCUT2D eigenvalue weighted by Crippen LogP contribution is -2.21. The van der Waals surface area contributed by atoms with Crippen LogP contribution in [0.3, 0.4) is 0 Å². The molecular weight excluding hydrogens is 252 g/mol. The van der Waals surface area contributed by atoms with Crippen LogP contribution in [0.4, 0.5) is 0 Å². The Morgan fingerprint density at radius 3 is 2.06 bits per heavy atom. The van der Waals surface area contributed by atoms with Crippen LogP contribution in [0.1, 0.15) is 38.7 Å². The summed E-state index contributed by atoms with van der Waals surface area (Å²) < 4.78 is 24.2. The molecule has 0 aliphatic heterocycles. The van der Waals surface area contributed by atoms with Crippen LogP contribution in [-0.2, 0) is 14.6 Å². The average Bonchev–Trinajstić information content (AvgIpc) is 2.28. The second kappa shape index (κ2) is 5.52. The van der Waals surface area contributed by atoms with Gasteiger partial charge in [0.2, 0.25) is 0 Å². The molecule has 0 heterocycles. The molecule has 1 rings (SSSR count). The molecule has 1 N–H and O–H groups in total. The van der Waals surface area contributed by atoms with Gasteiger partial charge in [-0.2, -0.15) is 0 Å². The molecular formula is C13H18O4S. The fourth-order valence-electron chi connectivity index (χ4n) is 1.63. The van der Waals surface area contributed by atoms with E-state index in [2.05, 4.69) is 0 Å². The van der Waals surface area contributed by atoms with Gasteiger partial charge in [-0.1, -0.05) is 26.0 Å². The van der Waals surface area contributed by atoms with Crippen molar-refractivity contribution in [3.63, 3.8) is 0 Å². The first kappa shape index (κ1) is 14.7. The molecule has 1 aromatic rings. The van der Waals surface area contributed by atoms with Crippen LogP contribution in [0.2, 0.25) is 0 Å². The summed E-state index contributed by atoms with van der Waals surface area (Å²) in [4.78, 5) is 10.7. The highest BCUT2D eigenvalue weighted by Crippen LogP contribution is 2.21. The molecule has 0 saturated heterocycles. The number of sulfone groups is 1. The number of rotatable bonds is 5. The van der Waals surface area contributed by atoms with Crippen LogP contribution in [0.5, 0.6) is 0 Å². The molecule has 1 aromatic carbocycles. The minimum atomic E-state index is -3.56. The quantitative estimate of drug-likeness (QED) is 0.892. The topological polar surface area (TPSA) is 71.4 Å². The van der Waals surface area contributed by atoms with Crippen molar-refractivity contribution >= 4 is 15.8 Å². The van der Waals surface area contributed by atoms with E-state index in [1.165, 1.54) is 6.92 Å². The largest absolute Gasteiger partial charge is 0.481 e. The van der Waals surface area contributed by atoms with E-state index in [1.807, 2.05) is 13.8 Å². The van der Waals surface area contributed by atoms with Gasteiger partial charge in [0.15, 0.2) is 9.84 Å². The van der Waals surface area contributed by atoms with E-state index in [0.29, 0.717) is 5.92 Å². The Morgan fingerprint density at radius 1 is 1.17 bits per heavy atom.